The van der Waals surface area contributed by atoms with Crippen LogP contribution in [0.4, 0.5) is 5.82 Å². The zero-order chi connectivity index (χ0) is 23.6. The number of fused-ring (bicyclic) bond motifs is 1. The van der Waals surface area contributed by atoms with Gasteiger partial charge in [0, 0.05) is 23.3 Å². The van der Waals surface area contributed by atoms with E-state index in [1.54, 1.807) is 11.1 Å². The van der Waals surface area contributed by atoms with Crippen molar-refractivity contribution in [2.24, 2.45) is 0 Å². The molecule has 2 atom stereocenters. The molecule has 1 fully saturated rings. The first kappa shape index (κ1) is 20.9. The Hall–Kier alpha value is -4.64. The summed E-state index contributed by atoms with van der Waals surface area (Å²) < 4.78 is 0. The summed E-state index contributed by atoms with van der Waals surface area (Å²) in [6, 6.07) is 31.4. The molecule has 3 heterocycles. The van der Waals surface area contributed by atoms with Crippen LogP contribution in [0.3, 0.4) is 0 Å². The molecule has 35 heavy (non-hydrogen) atoms. The number of nitrogens with zero attached hydrogens (tertiary/aromatic N) is 4. The molecule has 3 aromatic carbocycles. The number of hydrogen-bond acceptors (Lipinski definition) is 4. The van der Waals surface area contributed by atoms with Crippen molar-refractivity contribution in [3.05, 3.63) is 127 Å². The quantitative estimate of drug-likeness (QED) is 0.310. The van der Waals surface area contributed by atoms with Crippen molar-refractivity contribution >= 4 is 28.7 Å². The standard InChI is InChI=1S/C30H22N4O/c35-30-27(22-11-3-1-4-12-22)26(18-17-21-10-9-19-31-20-21)34(30)29-24-15-7-8-16-25(24)32-28(33-29)23-13-5-2-6-14-23/h1-20,26-27H. The van der Waals surface area contributed by atoms with Gasteiger partial charge in [-0.1, -0.05) is 91.0 Å². The van der Waals surface area contributed by atoms with Crippen LogP contribution in [0.25, 0.3) is 28.4 Å². The predicted molar refractivity (Wildman–Crippen MR) is 139 cm³/mol. The molecule has 5 nitrogen and oxygen atoms in total. The Morgan fingerprint density at radius 3 is 2.29 bits per heavy atom. The molecule has 1 aliphatic heterocycles. The lowest BCUT2D eigenvalue weighted by Crippen LogP contribution is -2.59. The van der Waals surface area contributed by atoms with E-state index in [-0.39, 0.29) is 17.9 Å². The minimum Gasteiger partial charge on any atom is -0.287 e. The Bertz CT molecular complexity index is 1520. The van der Waals surface area contributed by atoms with E-state index < -0.39 is 0 Å². The van der Waals surface area contributed by atoms with Crippen molar-refractivity contribution < 1.29 is 4.79 Å². The number of benzene rings is 3. The van der Waals surface area contributed by atoms with Crippen LogP contribution < -0.4 is 4.90 Å². The molecule has 1 amide bonds. The van der Waals surface area contributed by atoms with Crippen molar-refractivity contribution in [3.8, 4) is 11.4 Å². The zero-order valence-electron chi connectivity index (χ0n) is 18.9. The van der Waals surface area contributed by atoms with Crippen LogP contribution in [0.5, 0.6) is 0 Å². The normalized spacial score (nSPS) is 17.6. The molecule has 1 aliphatic rings. The lowest BCUT2D eigenvalue weighted by Gasteiger charge is -2.45. The summed E-state index contributed by atoms with van der Waals surface area (Å²) in [4.78, 5) is 29.4. The van der Waals surface area contributed by atoms with E-state index >= 15 is 0 Å². The third-order valence-electron chi connectivity index (χ3n) is 6.32. The molecule has 0 radical (unpaired) electrons. The Morgan fingerprint density at radius 1 is 0.771 bits per heavy atom. The molecule has 0 bridgehead atoms. The minimum atomic E-state index is -0.280. The second-order valence-electron chi connectivity index (χ2n) is 8.49. The summed E-state index contributed by atoms with van der Waals surface area (Å²) in [5.41, 5.74) is 3.70. The number of amides is 1. The average molecular weight is 455 g/mol. The molecular formula is C30H22N4O. The van der Waals surface area contributed by atoms with Crippen molar-refractivity contribution in [1.82, 2.24) is 15.0 Å². The summed E-state index contributed by atoms with van der Waals surface area (Å²) in [6.07, 6.45) is 7.66. The molecule has 1 saturated heterocycles. The van der Waals surface area contributed by atoms with Gasteiger partial charge in [0.2, 0.25) is 5.91 Å². The van der Waals surface area contributed by atoms with Gasteiger partial charge in [0.05, 0.1) is 17.5 Å². The lowest BCUT2D eigenvalue weighted by atomic mass is 9.81. The first-order valence-electron chi connectivity index (χ1n) is 11.6. The van der Waals surface area contributed by atoms with Crippen molar-refractivity contribution in [3.63, 3.8) is 0 Å². The number of aromatic nitrogens is 3. The smallest absolute Gasteiger partial charge is 0.238 e. The molecule has 2 aromatic heterocycles. The largest absolute Gasteiger partial charge is 0.287 e. The maximum absolute atomic E-state index is 13.7. The Labute approximate surface area is 203 Å². The fourth-order valence-corrected chi connectivity index (χ4v) is 4.60. The summed E-state index contributed by atoms with van der Waals surface area (Å²) in [6.45, 7) is 0. The van der Waals surface area contributed by atoms with Gasteiger partial charge in [-0.25, -0.2) is 9.97 Å². The van der Waals surface area contributed by atoms with Gasteiger partial charge in [-0.3, -0.25) is 14.7 Å². The van der Waals surface area contributed by atoms with Gasteiger partial charge < -0.3 is 0 Å². The number of hydrogen-bond donors (Lipinski definition) is 0. The number of anilines is 1. The molecule has 2 unspecified atom stereocenters. The second kappa shape index (κ2) is 8.95. The monoisotopic (exact) mass is 454 g/mol. The molecule has 0 spiro atoms. The van der Waals surface area contributed by atoms with Crippen LogP contribution in [0.15, 0.2) is 116 Å². The van der Waals surface area contributed by atoms with E-state index in [0.717, 1.165) is 27.6 Å². The van der Waals surface area contributed by atoms with E-state index in [9.17, 15) is 4.79 Å². The van der Waals surface area contributed by atoms with E-state index in [1.807, 2.05) is 109 Å². The molecule has 0 saturated carbocycles. The van der Waals surface area contributed by atoms with Crippen LogP contribution in [-0.2, 0) is 4.79 Å². The highest BCUT2D eigenvalue weighted by molar-refractivity contribution is 6.11. The SMILES string of the molecule is O=C1C(c2ccccc2)C(C=Cc2cccnc2)N1c1nc(-c2ccccc2)nc2ccccc12. The Kier molecular flexibility index (Phi) is 5.35. The van der Waals surface area contributed by atoms with Gasteiger partial charge in [-0.2, -0.15) is 0 Å². The molecule has 6 rings (SSSR count). The first-order chi connectivity index (χ1) is 17.3. The number of pyridine rings is 1. The number of β-lactam (4-membered cyclic amide) rings is 1. The predicted octanol–water partition coefficient (Wildman–Crippen LogP) is 5.90. The maximum Gasteiger partial charge on any atom is 0.238 e. The third-order valence-corrected chi connectivity index (χ3v) is 6.32. The fourth-order valence-electron chi connectivity index (χ4n) is 4.60. The number of para-hydroxylation sites is 1. The van der Waals surface area contributed by atoms with E-state index in [2.05, 4.69) is 11.1 Å². The van der Waals surface area contributed by atoms with Crippen molar-refractivity contribution in [2.45, 2.75) is 12.0 Å². The van der Waals surface area contributed by atoms with Gasteiger partial charge >= 0.3 is 0 Å². The van der Waals surface area contributed by atoms with Crippen LogP contribution >= 0.6 is 0 Å². The third kappa shape index (κ3) is 3.87. The number of carbonyl (C=O) groups excluding carboxylic acids is 1. The van der Waals surface area contributed by atoms with Gasteiger partial charge in [0.15, 0.2) is 5.82 Å². The highest BCUT2D eigenvalue weighted by Crippen LogP contribution is 2.42. The van der Waals surface area contributed by atoms with Crippen LogP contribution in [-0.4, -0.2) is 26.9 Å². The number of rotatable bonds is 5. The van der Waals surface area contributed by atoms with Crippen molar-refractivity contribution in [2.75, 3.05) is 4.90 Å². The lowest BCUT2D eigenvalue weighted by molar-refractivity contribution is -0.125. The zero-order valence-corrected chi connectivity index (χ0v) is 18.9. The summed E-state index contributed by atoms with van der Waals surface area (Å²) in [7, 11) is 0. The highest BCUT2D eigenvalue weighted by atomic mass is 16.2. The molecule has 0 aliphatic carbocycles. The van der Waals surface area contributed by atoms with Crippen molar-refractivity contribution in [1.29, 1.82) is 0 Å². The Balaban J connectivity index is 1.49. The minimum absolute atomic E-state index is 0.0277. The molecule has 0 N–H and O–H groups in total. The van der Waals surface area contributed by atoms with Crippen LogP contribution in [0.2, 0.25) is 0 Å². The fraction of sp³-hybridized carbons (Fsp3) is 0.0667. The van der Waals surface area contributed by atoms with Gasteiger partial charge in [0.25, 0.3) is 0 Å². The first-order valence-corrected chi connectivity index (χ1v) is 11.6. The molecule has 5 heteroatoms. The summed E-state index contributed by atoms with van der Waals surface area (Å²) in [5, 5.41) is 0.854. The van der Waals surface area contributed by atoms with E-state index in [0.29, 0.717) is 11.6 Å². The van der Waals surface area contributed by atoms with Gasteiger partial charge in [-0.05, 0) is 29.3 Å². The summed E-state index contributed by atoms with van der Waals surface area (Å²) in [5.74, 6) is 0.982. The molecule has 168 valence electrons. The van der Waals surface area contributed by atoms with Gasteiger partial charge in [0.1, 0.15) is 5.82 Å². The van der Waals surface area contributed by atoms with Crippen LogP contribution in [0, 0.1) is 0 Å². The second-order valence-corrected chi connectivity index (χ2v) is 8.49. The van der Waals surface area contributed by atoms with Gasteiger partial charge in [-0.15, -0.1) is 0 Å². The molecular weight excluding hydrogens is 432 g/mol. The van der Waals surface area contributed by atoms with Crippen LogP contribution in [0.1, 0.15) is 17.0 Å². The Morgan fingerprint density at radius 2 is 1.51 bits per heavy atom. The maximum atomic E-state index is 13.7. The topological polar surface area (TPSA) is 59.0 Å². The van der Waals surface area contributed by atoms with E-state index in [4.69, 9.17) is 9.97 Å². The number of carbonyl (C=O) groups is 1. The average Bonchev–Trinajstić information content (AvgIpc) is 2.92. The van der Waals surface area contributed by atoms with E-state index in [1.165, 1.54) is 0 Å². The summed E-state index contributed by atoms with van der Waals surface area (Å²) >= 11 is 0. The highest BCUT2D eigenvalue weighted by Gasteiger charge is 2.48. The molecule has 5 aromatic rings.